The van der Waals surface area contributed by atoms with Gasteiger partial charge in [0.15, 0.2) is 5.79 Å². The highest BCUT2D eigenvalue weighted by Gasteiger charge is 2.51. The van der Waals surface area contributed by atoms with E-state index in [-0.39, 0.29) is 22.7 Å². The molecule has 4 heteroatoms. The van der Waals surface area contributed by atoms with Crippen molar-refractivity contribution in [3.63, 3.8) is 0 Å². The van der Waals surface area contributed by atoms with E-state index in [9.17, 15) is 0 Å². The Balaban J connectivity index is 1.89. The normalized spacial score (nSPS) is 23.3. The molecule has 1 heterocycles. The van der Waals surface area contributed by atoms with E-state index in [0.717, 1.165) is 6.42 Å². The van der Waals surface area contributed by atoms with Gasteiger partial charge < -0.3 is 13.9 Å². The minimum atomic E-state index is -2.54. The third kappa shape index (κ3) is 5.41. The van der Waals surface area contributed by atoms with E-state index in [2.05, 4.69) is 109 Å². The number of ether oxygens (including phenoxy) is 2. The lowest BCUT2D eigenvalue weighted by Gasteiger charge is -2.51. The van der Waals surface area contributed by atoms with Crippen LogP contribution in [0.4, 0.5) is 0 Å². The molecule has 2 aromatic carbocycles. The van der Waals surface area contributed by atoms with Gasteiger partial charge in [-0.05, 0) is 41.6 Å². The van der Waals surface area contributed by atoms with Gasteiger partial charge >= 0.3 is 0 Å². The van der Waals surface area contributed by atoms with Crippen molar-refractivity contribution in [2.45, 2.75) is 84.8 Å². The lowest BCUT2D eigenvalue weighted by Crippen LogP contribution is -2.67. The van der Waals surface area contributed by atoms with E-state index in [4.69, 9.17) is 13.9 Å². The Morgan fingerprint density at radius 2 is 1.44 bits per heavy atom. The van der Waals surface area contributed by atoms with Gasteiger partial charge in [-0.3, -0.25) is 0 Å². The maximum atomic E-state index is 7.17. The third-order valence-electron chi connectivity index (χ3n) is 7.23. The first-order chi connectivity index (χ1) is 15.8. The SMILES string of the molecule is C=C[C@H]1OC(C)(C)O[C@H](C[C@@H](C)CO[Si](c2ccccc2)(c2ccccc2)C(C)(C)C)C1(C)C. The molecule has 186 valence electrons. The van der Waals surface area contributed by atoms with E-state index in [1.165, 1.54) is 10.4 Å². The Hall–Kier alpha value is -1.72. The second-order valence-corrected chi connectivity index (χ2v) is 16.2. The first kappa shape index (κ1) is 26.9. The summed E-state index contributed by atoms with van der Waals surface area (Å²) in [6.07, 6.45) is 2.83. The monoisotopic (exact) mass is 480 g/mol. The Kier molecular flexibility index (Phi) is 7.98. The zero-order chi connectivity index (χ0) is 25.2. The lowest BCUT2D eigenvalue weighted by molar-refractivity contribution is -0.334. The van der Waals surface area contributed by atoms with Gasteiger partial charge in [0.25, 0.3) is 8.32 Å². The molecule has 0 radical (unpaired) electrons. The molecule has 34 heavy (non-hydrogen) atoms. The molecule has 0 N–H and O–H groups in total. The van der Waals surface area contributed by atoms with Gasteiger partial charge in [0, 0.05) is 12.0 Å². The second kappa shape index (κ2) is 10.1. The van der Waals surface area contributed by atoms with Crippen LogP contribution in [-0.4, -0.2) is 32.9 Å². The molecule has 2 aromatic rings. The number of hydrogen-bond acceptors (Lipinski definition) is 3. The first-order valence-corrected chi connectivity index (χ1v) is 14.5. The van der Waals surface area contributed by atoms with Crippen LogP contribution in [0.2, 0.25) is 5.04 Å². The fourth-order valence-electron chi connectivity index (χ4n) is 5.33. The summed E-state index contributed by atoms with van der Waals surface area (Å²) >= 11 is 0. The van der Waals surface area contributed by atoms with E-state index >= 15 is 0 Å². The van der Waals surface area contributed by atoms with Gasteiger partial charge in [-0.15, -0.1) is 6.58 Å². The van der Waals surface area contributed by atoms with Gasteiger partial charge in [-0.2, -0.15) is 0 Å². The minimum absolute atomic E-state index is 0.0280. The van der Waals surface area contributed by atoms with E-state index in [1.807, 2.05) is 19.9 Å². The summed E-state index contributed by atoms with van der Waals surface area (Å²) in [5.41, 5.74) is -0.164. The molecule has 0 aliphatic carbocycles. The predicted molar refractivity (Wildman–Crippen MR) is 145 cm³/mol. The lowest BCUT2D eigenvalue weighted by atomic mass is 9.76. The van der Waals surface area contributed by atoms with Crippen molar-refractivity contribution in [1.29, 1.82) is 0 Å². The zero-order valence-electron chi connectivity index (χ0n) is 22.4. The van der Waals surface area contributed by atoms with E-state index in [0.29, 0.717) is 12.5 Å². The molecule has 0 saturated carbocycles. The van der Waals surface area contributed by atoms with Crippen molar-refractivity contribution in [2.75, 3.05) is 6.61 Å². The molecule has 0 bridgehead atoms. The van der Waals surface area contributed by atoms with Crippen molar-refractivity contribution in [3.8, 4) is 0 Å². The average molecular weight is 481 g/mol. The molecule has 0 amide bonds. The fraction of sp³-hybridized carbons (Fsp3) is 0.533. The van der Waals surface area contributed by atoms with E-state index < -0.39 is 14.1 Å². The summed E-state index contributed by atoms with van der Waals surface area (Å²) in [5, 5.41) is 2.60. The largest absolute Gasteiger partial charge is 0.407 e. The molecule has 1 fully saturated rings. The van der Waals surface area contributed by atoms with Crippen molar-refractivity contribution in [2.24, 2.45) is 11.3 Å². The van der Waals surface area contributed by atoms with Crippen LogP contribution in [0.3, 0.4) is 0 Å². The summed E-state index contributed by atoms with van der Waals surface area (Å²) < 4.78 is 19.8. The fourth-order valence-corrected chi connectivity index (χ4v) is 10.0. The summed E-state index contributed by atoms with van der Waals surface area (Å²) in [5.74, 6) is -0.303. The standard InChI is InChI=1S/C30H44O3Si/c1-10-26-29(6,7)27(33-30(8,9)32-26)21-23(2)22-31-34(28(3,4)5,24-17-13-11-14-18-24)25-19-15-12-16-20-25/h10-20,23,26-27H,1,21-22H2,2-9H3/t23-,26-,27-/m1/s1. The van der Waals surface area contributed by atoms with Crippen LogP contribution in [0.25, 0.3) is 0 Å². The van der Waals surface area contributed by atoms with Crippen LogP contribution in [0, 0.1) is 11.3 Å². The number of hydrogen-bond donors (Lipinski definition) is 0. The Morgan fingerprint density at radius 1 is 0.941 bits per heavy atom. The summed E-state index contributed by atoms with van der Waals surface area (Å²) in [4.78, 5) is 0. The first-order valence-electron chi connectivity index (χ1n) is 12.6. The van der Waals surface area contributed by atoms with Gasteiger partial charge in [-0.1, -0.05) is 108 Å². The average Bonchev–Trinajstić information content (AvgIpc) is 2.77. The molecule has 1 saturated heterocycles. The zero-order valence-corrected chi connectivity index (χ0v) is 23.4. The highest BCUT2D eigenvalue weighted by atomic mass is 28.4. The Morgan fingerprint density at radius 3 is 1.88 bits per heavy atom. The molecular formula is C30H44O3Si. The Bertz CT molecular complexity index is 891. The number of benzene rings is 2. The second-order valence-electron chi connectivity index (χ2n) is 11.9. The smallest absolute Gasteiger partial charge is 0.261 e. The molecule has 1 aliphatic rings. The summed E-state index contributed by atoms with van der Waals surface area (Å²) in [6.45, 7) is 22.4. The van der Waals surface area contributed by atoms with Crippen molar-refractivity contribution >= 4 is 18.7 Å². The van der Waals surface area contributed by atoms with Gasteiger partial charge in [0.1, 0.15) is 0 Å². The molecule has 0 spiro atoms. The van der Waals surface area contributed by atoms with Crippen molar-refractivity contribution < 1.29 is 13.9 Å². The maximum absolute atomic E-state index is 7.17. The van der Waals surface area contributed by atoms with Crippen molar-refractivity contribution in [3.05, 3.63) is 73.3 Å². The summed E-state index contributed by atoms with van der Waals surface area (Å²) in [7, 11) is -2.54. The molecule has 0 unspecified atom stereocenters. The van der Waals surface area contributed by atoms with E-state index in [1.54, 1.807) is 0 Å². The van der Waals surface area contributed by atoms with Gasteiger partial charge in [-0.25, -0.2) is 0 Å². The van der Waals surface area contributed by atoms with Crippen LogP contribution < -0.4 is 10.4 Å². The predicted octanol–water partition coefficient (Wildman–Crippen LogP) is 6.32. The van der Waals surface area contributed by atoms with Gasteiger partial charge in [0.2, 0.25) is 0 Å². The third-order valence-corrected chi connectivity index (χ3v) is 12.2. The molecular weight excluding hydrogens is 436 g/mol. The summed E-state index contributed by atoms with van der Waals surface area (Å²) in [6, 6.07) is 21.7. The van der Waals surface area contributed by atoms with Crippen LogP contribution >= 0.6 is 0 Å². The molecule has 3 nitrogen and oxygen atoms in total. The van der Waals surface area contributed by atoms with Gasteiger partial charge in [0.05, 0.1) is 12.2 Å². The quantitative estimate of drug-likeness (QED) is 0.327. The molecule has 3 rings (SSSR count). The number of rotatable bonds is 8. The minimum Gasteiger partial charge on any atom is -0.407 e. The van der Waals surface area contributed by atoms with Crippen LogP contribution in [0.1, 0.15) is 61.8 Å². The molecule has 3 atom stereocenters. The highest BCUT2D eigenvalue weighted by molar-refractivity contribution is 6.99. The maximum Gasteiger partial charge on any atom is 0.261 e. The topological polar surface area (TPSA) is 27.7 Å². The molecule has 0 aromatic heterocycles. The molecule has 1 aliphatic heterocycles. The Labute approximate surface area is 208 Å². The van der Waals surface area contributed by atoms with Crippen LogP contribution in [-0.2, 0) is 13.9 Å². The van der Waals surface area contributed by atoms with Crippen molar-refractivity contribution in [1.82, 2.24) is 0 Å². The van der Waals surface area contributed by atoms with Crippen LogP contribution in [0.15, 0.2) is 73.3 Å². The highest BCUT2D eigenvalue weighted by Crippen LogP contribution is 2.43. The van der Waals surface area contributed by atoms with Crippen LogP contribution in [0.5, 0.6) is 0 Å².